The topological polar surface area (TPSA) is 50.1 Å². The molecule has 0 aliphatic heterocycles. The van der Waals surface area contributed by atoms with Crippen LogP contribution in [-0.2, 0) is 6.54 Å². The van der Waals surface area contributed by atoms with Gasteiger partial charge in [0.1, 0.15) is 0 Å². The number of nitrogens with zero attached hydrogens (tertiary/aromatic N) is 2. The molecule has 0 aliphatic carbocycles. The summed E-state index contributed by atoms with van der Waals surface area (Å²) in [5.41, 5.74) is 3.64. The SMILES string of the molecule is CCn1nc(C)c(C(C)NC(CCO)CSC)c1C. The molecular weight excluding hydrogens is 258 g/mol. The predicted molar refractivity (Wildman–Crippen MR) is 82.8 cm³/mol. The third-order valence-electron chi connectivity index (χ3n) is 3.50. The number of hydrogen-bond donors (Lipinski definition) is 2. The molecule has 0 saturated heterocycles. The lowest BCUT2D eigenvalue weighted by molar-refractivity contribution is 0.265. The van der Waals surface area contributed by atoms with E-state index in [-0.39, 0.29) is 12.6 Å². The molecule has 2 atom stereocenters. The van der Waals surface area contributed by atoms with E-state index in [0.717, 1.165) is 24.4 Å². The van der Waals surface area contributed by atoms with E-state index in [4.69, 9.17) is 5.11 Å². The van der Waals surface area contributed by atoms with Crippen LogP contribution < -0.4 is 5.32 Å². The van der Waals surface area contributed by atoms with Crippen LogP contribution in [-0.4, -0.2) is 39.5 Å². The summed E-state index contributed by atoms with van der Waals surface area (Å²) in [5, 5.41) is 17.3. The molecule has 19 heavy (non-hydrogen) atoms. The second-order valence-electron chi connectivity index (χ2n) is 4.95. The highest BCUT2D eigenvalue weighted by Gasteiger charge is 2.19. The summed E-state index contributed by atoms with van der Waals surface area (Å²) in [5.74, 6) is 1.02. The Balaban J connectivity index is 2.81. The molecule has 0 spiro atoms. The Bertz CT molecular complexity index is 386. The van der Waals surface area contributed by atoms with E-state index in [1.165, 1.54) is 11.3 Å². The number of rotatable bonds is 8. The summed E-state index contributed by atoms with van der Waals surface area (Å²) in [4.78, 5) is 0. The molecule has 1 aromatic rings. The van der Waals surface area contributed by atoms with Crippen molar-refractivity contribution in [1.29, 1.82) is 0 Å². The Hall–Kier alpha value is -0.520. The predicted octanol–water partition coefficient (Wildman–Crippen LogP) is 2.28. The van der Waals surface area contributed by atoms with Gasteiger partial charge in [-0.3, -0.25) is 4.68 Å². The normalized spacial score (nSPS) is 14.6. The van der Waals surface area contributed by atoms with Crippen molar-refractivity contribution in [3.8, 4) is 0 Å². The molecule has 1 rings (SSSR count). The van der Waals surface area contributed by atoms with Gasteiger partial charge in [-0.2, -0.15) is 16.9 Å². The van der Waals surface area contributed by atoms with E-state index >= 15 is 0 Å². The van der Waals surface area contributed by atoms with E-state index in [9.17, 15) is 0 Å². The Morgan fingerprint density at radius 1 is 1.42 bits per heavy atom. The average Bonchev–Trinajstić information content (AvgIpc) is 2.64. The van der Waals surface area contributed by atoms with Crippen LogP contribution in [0.15, 0.2) is 0 Å². The average molecular weight is 285 g/mol. The van der Waals surface area contributed by atoms with Crippen LogP contribution in [0.4, 0.5) is 0 Å². The Labute approximate surface area is 121 Å². The van der Waals surface area contributed by atoms with Gasteiger partial charge in [0, 0.05) is 42.2 Å². The van der Waals surface area contributed by atoms with Gasteiger partial charge in [-0.1, -0.05) is 0 Å². The van der Waals surface area contributed by atoms with E-state index in [2.05, 4.69) is 49.0 Å². The minimum absolute atomic E-state index is 0.233. The number of thioether (sulfide) groups is 1. The van der Waals surface area contributed by atoms with E-state index in [0.29, 0.717) is 6.04 Å². The number of nitrogens with one attached hydrogen (secondary N) is 1. The lowest BCUT2D eigenvalue weighted by atomic mass is 10.0. The fraction of sp³-hybridized carbons (Fsp3) is 0.786. The number of aliphatic hydroxyl groups is 1. The molecule has 0 aromatic carbocycles. The van der Waals surface area contributed by atoms with Gasteiger partial charge >= 0.3 is 0 Å². The van der Waals surface area contributed by atoms with Gasteiger partial charge in [0.2, 0.25) is 0 Å². The first-order chi connectivity index (χ1) is 9.04. The van der Waals surface area contributed by atoms with Crippen molar-refractivity contribution in [2.75, 3.05) is 18.6 Å². The maximum atomic E-state index is 9.13. The van der Waals surface area contributed by atoms with Crippen LogP contribution in [0, 0.1) is 13.8 Å². The number of aromatic nitrogens is 2. The fourth-order valence-corrected chi connectivity index (χ4v) is 3.32. The van der Waals surface area contributed by atoms with Crippen molar-refractivity contribution in [3.63, 3.8) is 0 Å². The number of aliphatic hydroxyl groups excluding tert-OH is 1. The standard InChI is InChI=1S/C14H27N3OS/c1-6-17-12(4)14(11(3)16-17)10(2)15-13(7-8-18)9-19-5/h10,13,15,18H,6-9H2,1-5H3. The third kappa shape index (κ3) is 4.23. The number of hydrogen-bond acceptors (Lipinski definition) is 4. The van der Waals surface area contributed by atoms with Crippen LogP contribution in [0.2, 0.25) is 0 Å². The summed E-state index contributed by atoms with van der Waals surface area (Å²) in [7, 11) is 0. The first-order valence-electron chi connectivity index (χ1n) is 6.94. The van der Waals surface area contributed by atoms with Gasteiger partial charge in [-0.25, -0.2) is 0 Å². The van der Waals surface area contributed by atoms with E-state index < -0.39 is 0 Å². The molecule has 0 aliphatic rings. The summed E-state index contributed by atoms with van der Waals surface area (Å²) in [6.45, 7) is 9.64. The molecule has 2 N–H and O–H groups in total. The lowest BCUT2D eigenvalue weighted by Crippen LogP contribution is -2.34. The van der Waals surface area contributed by atoms with Crippen LogP contribution in [0.3, 0.4) is 0 Å². The zero-order valence-electron chi connectivity index (χ0n) is 12.7. The summed E-state index contributed by atoms with van der Waals surface area (Å²) in [6.07, 6.45) is 2.90. The van der Waals surface area contributed by atoms with Crippen molar-refractivity contribution >= 4 is 11.8 Å². The van der Waals surface area contributed by atoms with E-state index in [1.54, 1.807) is 0 Å². The lowest BCUT2D eigenvalue weighted by Gasteiger charge is -2.22. The molecule has 4 nitrogen and oxygen atoms in total. The zero-order valence-corrected chi connectivity index (χ0v) is 13.5. The quantitative estimate of drug-likeness (QED) is 0.769. The van der Waals surface area contributed by atoms with Crippen LogP contribution in [0.1, 0.15) is 43.3 Å². The maximum Gasteiger partial charge on any atom is 0.0644 e. The molecule has 0 saturated carbocycles. The number of aryl methyl sites for hydroxylation is 2. The molecule has 2 unspecified atom stereocenters. The Morgan fingerprint density at radius 2 is 2.11 bits per heavy atom. The highest BCUT2D eigenvalue weighted by Crippen LogP contribution is 2.22. The minimum Gasteiger partial charge on any atom is -0.396 e. The summed E-state index contributed by atoms with van der Waals surface area (Å²) in [6, 6.07) is 0.614. The van der Waals surface area contributed by atoms with Crippen molar-refractivity contribution in [2.24, 2.45) is 0 Å². The van der Waals surface area contributed by atoms with Gasteiger partial charge in [0.25, 0.3) is 0 Å². The molecule has 110 valence electrons. The van der Waals surface area contributed by atoms with Crippen LogP contribution in [0.25, 0.3) is 0 Å². The highest BCUT2D eigenvalue weighted by atomic mass is 32.2. The maximum absolute atomic E-state index is 9.13. The second kappa shape index (κ2) is 7.92. The monoisotopic (exact) mass is 285 g/mol. The third-order valence-corrected chi connectivity index (χ3v) is 4.24. The smallest absolute Gasteiger partial charge is 0.0644 e. The molecule has 0 bridgehead atoms. The largest absolute Gasteiger partial charge is 0.396 e. The first kappa shape index (κ1) is 16.5. The van der Waals surface area contributed by atoms with Crippen molar-refractivity contribution in [1.82, 2.24) is 15.1 Å². The molecule has 5 heteroatoms. The first-order valence-corrected chi connectivity index (χ1v) is 8.34. The summed E-state index contributed by atoms with van der Waals surface area (Å²) >= 11 is 1.81. The van der Waals surface area contributed by atoms with E-state index in [1.807, 2.05) is 11.8 Å². The summed E-state index contributed by atoms with van der Waals surface area (Å²) < 4.78 is 2.05. The molecule has 1 aromatic heterocycles. The van der Waals surface area contributed by atoms with Gasteiger partial charge in [0.15, 0.2) is 0 Å². The van der Waals surface area contributed by atoms with Crippen molar-refractivity contribution in [3.05, 3.63) is 17.0 Å². The minimum atomic E-state index is 0.233. The van der Waals surface area contributed by atoms with Gasteiger partial charge in [-0.05, 0) is 40.4 Å². The Kier molecular flexibility index (Phi) is 6.89. The molecule has 1 heterocycles. The van der Waals surface area contributed by atoms with Crippen molar-refractivity contribution < 1.29 is 5.11 Å². The molecule has 0 radical (unpaired) electrons. The van der Waals surface area contributed by atoms with Crippen LogP contribution >= 0.6 is 11.8 Å². The van der Waals surface area contributed by atoms with Gasteiger partial charge < -0.3 is 10.4 Å². The molecule has 0 fully saturated rings. The molecule has 0 amide bonds. The van der Waals surface area contributed by atoms with Gasteiger partial charge in [0.05, 0.1) is 5.69 Å². The molecular formula is C14H27N3OS. The highest BCUT2D eigenvalue weighted by molar-refractivity contribution is 7.98. The Morgan fingerprint density at radius 3 is 2.58 bits per heavy atom. The fourth-order valence-electron chi connectivity index (χ4n) is 2.65. The zero-order chi connectivity index (χ0) is 14.4. The van der Waals surface area contributed by atoms with Crippen LogP contribution in [0.5, 0.6) is 0 Å². The van der Waals surface area contributed by atoms with Crippen molar-refractivity contribution in [2.45, 2.75) is 52.7 Å². The van der Waals surface area contributed by atoms with Gasteiger partial charge in [-0.15, -0.1) is 0 Å². The second-order valence-corrected chi connectivity index (χ2v) is 5.86.